The van der Waals surface area contributed by atoms with E-state index >= 15 is 0 Å². The van der Waals surface area contributed by atoms with Gasteiger partial charge < -0.3 is 29.5 Å². The zero-order valence-corrected chi connectivity index (χ0v) is 18.9. The fraction of sp³-hybridized carbons (Fsp3) is 0.565. The summed E-state index contributed by atoms with van der Waals surface area (Å²) in [7, 11) is 3.61. The summed E-state index contributed by atoms with van der Waals surface area (Å²) in [5.41, 5.74) is 2.73. The van der Waals surface area contributed by atoms with Crippen LogP contribution in [0.5, 0.6) is 5.75 Å². The fourth-order valence-electron chi connectivity index (χ4n) is 5.25. The smallest absolute Gasteiger partial charge is 0.317 e. The zero-order valence-electron chi connectivity index (χ0n) is 18.9. The fourth-order valence-corrected chi connectivity index (χ4v) is 5.25. The first-order chi connectivity index (χ1) is 14.8. The first kappa shape index (κ1) is 21.5. The second-order valence-corrected chi connectivity index (χ2v) is 9.02. The van der Waals surface area contributed by atoms with Gasteiger partial charge in [-0.3, -0.25) is 4.79 Å². The lowest BCUT2D eigenvalue weighted by Crippen LogP contribution is -2.69. The molecule has 0 aliphatic carbocycles. The molecule has 1 spiro atoms. The Morgan fingerprint density at radius 3 is 2.58 bits per heavy atom. The van der Waals surface area contributed by atoms with Crippen LogP contribution in [-0.4, -0.2) is 70.8 Å². The SMILES string of the molecule is CCC(=O)N1CC2(CN(C(=O)NC(C)C)C2)c2c(n(C)c3cc(OC)ccc23)[C@H]1CO. The third-order valence-electron chi connectivity index (χ3n) is 6.63. The number of carbonyl (C=O) groups is 2. The Hall–Kier alpha value is -2.74. The van der Waals surface area contributed by atoms with Crippen molar-refractivity contribution in [2.45, 2.75) is 44.7 Å². The van der Waals surface area contributed by atoms with Crippen LogP contribution >= 0.6 is 0 Å². The number of aliphatic hydroxyl groups is 1. The number of hydrogen-bond donors (Lipinski definition) is 2. The highest BCUT2D eigenvalue weighted by Gasteiger charge is 2.55. The number of fused-ring (bicyclic) bond motifs is 4. The maximum Gasteiger partial charge on any atom is 0.317 e. The van der Waals surface area contributed by atoms with Crippen LogP contribution in [0.1, 0.15) is 44.5 Å². The average Bonchev–Trinajstić information content (AvgIpc) is 3.02. The number of ether oxygens (including phenoxy) is 1. The van der Waals surface area contributed by atoms with Gasteiger partial charge in [0.25, 0.3) is 0 Å². The molecule has 3 heterocycles. The molecule has 31 heavy (non-hydrogen) atoms. The van der Waals surface area contributed by atoms with Crippen molar-refractivity contribution in [3.63, 3.8) is 0 Å². The third-order valence-corrected chi connectivity index (χ3v) is 6.63. The van der Waals surface area contributed by atoms with E-state index in [1.54, 1.807) is 16.9 Å². The maximum atomic E-state index is 12.9. The van der Waals surface area contributed by atoms with Gasteiger partial charge in [-0.2, -0.15) is 0 Å². The first-order valence-corrected chi connectivity index (χ1v) is 10.9. The average molecular weight is 429 g/mol. The number of urea groups is 1. The van der Waals surface area contributed by atoms with Crippen LogP contribution in [0.15, 0.2) is 18.2 Å². The van der Waals surface area contributed by atoms with Crippen LogP contribution in [0, 0.1) is 0 Å². The standard InChI is InChI=1S/C23H32N4O4/c1-6-19(29)27-13-23(11-26(12-23)22(30)24-14(2)3)20-16-8-7-15(31-5)9-17(16)25(4)21(20)18(27)10-28/h7-9,14,18,28H,6,10-13H2,1-5H3,(H,24,30)/t18-/m1/s1. The molecule has 1 aromatic carbocycles. The van der Waals surface area contributed by atoms with Crippen molar-refractivity contribution in [3.05, 3.63) is 29.5 Å². The van der Waals surface area contributed by atoms with Gasteiger partial charge in [-0.1, -0.05) is 6.92 Å². The minimum absolute atomic E-state index is 0.0111. The number of benzene rings is 1. The summed E-state index contributed by atoms with van der Waals surface area (Å²) in [6, 6.07) is 5.56. The predicted octanol–water partition coefficient (Wildman–Crippen LogP) is 2.14. The number of nitrogens with one attached hydrogen (secondary N) is 1. The molecule has 1 saturated heterocycles. The minimum Gasteiger partial charge on any atom is -0.497 e. The number of rotatable bonds is 4. The number of hydrogen-bond acceptors (Lipinski definition) is 4. The molecule has 0 radical (unpaired) electrons. The first-order valence-electron chi connectivity index (χ1n) is 10.9. The topological polar surface area (TPSA) is 87.0 Å². The van der Waals surface area contributed by atoms with Gasteiger partial charge in [0, 0.05) is 56.3 Å². The van der Waals surface area contributed by atoms with Gasteiger partial charge in [0.1, 0.15) is 5.75 Å². The lowest BCUT2D eigenvalue weighted by Gasteiger charge is -2.56. The van der Waals surface area contributed by atoms with Gasteiger partial charge in [-0.05, 0) is 31.5 Å². The predicted molar refractivity (Wildman–Crippen MR) is 118 cm³/mol. The molecule has 1 aromatic heterocycles. The molecule has 0 saturated carbocycles. The second-order valence-electron chi connectivity index (χ2n) is 9.02. The molecule has 168 valence electrons. The minimum atomic E-state index is -0.407. The molecule has 3 amide bonds. The van der Waals surface area contributed by atoms with Crippen molar-refractivity contribution in [1.29, 1.82) is 0 Å². The van der Waals surface area contributed by atoms with E-state index in [9.17, 15) is 14.7 Å². The van der Waals surface area contributed by atoms with Crippen LogP contribution in [0.25, 0.3) is 10.9 Å². The Kier molecular flexibility index (Phi) is 5.37. The molecule has 4 rings (SSSR count). The molecule has 8 heteroatoms. The number of nitrogens with zero attached hydrogens (tertiary/aromatic N) is 3. The normalized spacial score (nSPS) is 19.5. The largest absolute Gasteiger partial charge is 0.497 e. The van der Waals surface area contributed by atoms with E-state index in [1.165, 1.54) is 0 Å². The summed E-state index contributed by atoms with van der Waals surface area (Å²) >= 11 is 0. The van der Waals surface area contributed by atoms with Crippen molar-refractivity contribution in [2.24, 2.45) is 7.05 Å². The van der Waals surface area contributed by atoms with E-state index < -0.39 is 6.04 Å². The number of aromatic nitrogens is 1. The molecule has 2 aliphatic heterocycles. The lowest BCUT2D eigenvalue weighted by atomic mass is 9.68. The highest BCUT2D eigenvalue weighted by molar-refractivity contribution is 5.90. The van der Waals surface area contributed by atoms with Crippen molar-refractivity contribution in [1.82, 2.24) is 19.7 Å². The highest BCUT2D eigenvalue weighted by Crippen LogP contribution is 2.49. The van der Waals surface area contributed by atoms with Crippen molar-refractivity contribution < 1.29 is 19.4 Å². The Morgan fingerprint density at radius 1 is 1.29 bits per heavy atom. The summed E-state index contributed by atoms with van der Waals surface area (Å²) in [5.74, 6) is 0.769. The number of likely N-dealkylation sites (tertiary alicyclic amines) is 1. The third kappa shape index (κ3) is 3.24. The Bertz CT molecular complexity index is 1020. The molecule has 1 fully saturated rings. The molecule has 8 nitrogen and oxygen atoms in total. The van der Waals surface area contributed by atoms with E-state index in [4.69, 9.17) is 4.74 Å². The van der Waals surface area contributed by atoms with Gasteiger partial charge in [0.05, 0.1) is 30.7 Å². The number of methoxy groups -OCH3 is 1. The molecule has 0 bridgehead atoms. The molecule has 1 atom stereocenters. The van der Waals surface area contributed by atoms with E-state index in [0.717, 1.165) is 27.9 Å². The summed E-state index contributed by atoms with van der Waals surface area (Å²) in [6.45, 7) is 7.15. The summed E-state index contributed by atoms with van der Waals surface area (Å²) in [5, 5.41) is 14.3. The van der Waals surface area contributed by atoms with Crippen LogP contribution in [-0.2, 0) is 17.3 Å². The van der Waals surface area contributed by atoms with Crippen LogP contribution in [0.2, 0.25) is 0 Å². The zero-order chi connectivity index (χ0) is 22.5. The number of amides is 3. The van der Waals surface area contributed by atoms with E-state index in [1.807, 2.05) is 40.0 Å². The Labute approximate surface area is 182 Å². The quantitative estimate of drug-likeness (QED) is 0.781. The summed E-state index contributed by atoms with van der Waals surface area (Å²) < 4.78 is 7.50. The van der Waals surface area contributed by atoms with E-state index in [0.29, 0.717) is 26.1 Å². The molecule has 2 aromatic rings. The molecule has 2 N–H and O–H groups in total. The summed E-state index contributed by atoms with van der Waals surface area (Å²) in [4.78, 5) is 29.1. The molecule has 0 unspecified atom stereocenters. The highest BCUT2D eigenvalue weighted by atomic mass is 16.5. The maximum absolute atomic E-state index is 12.9. The number of aryl methyl sites for hydroxylation is 1. The molecular weight excluding hydrogens is 396 g/mol. The number of carbonyl (C=O) groups excluding carboxylic acids is 2. The van der Waals surface area contributed by atoms with Crippen molar-refractivity contribution in [2.75, 3.05) is 33.4 Å². The summed E-state index contributed by atoms with van der Waals surface area (Å²) in [6.07, 6.45) is 0.372. The van der Waals surface area contributed by atoms with E-state index in [2.05, 4.69) is 16.0 Å². The second kappa shape index (κ2) is 7.75. The van der Waals surface area contributed by atoms with Gasteiger partial charge >= 0.3 is 6.03 Å². The van der Waals surface area contributed by atoms with E-state index in [-0.39, 0.29) is 30.0 Å². The Morgan fingerprint density at radius 2 is 2.00 bits per heavy atom. The van der Waals surface area contributed by atoms with Gasteiger partial charge in [0.15, 0.2) is 0 Å². The van der Waals surface area contributed by atoms with Crippen molar-refractivity contribution >= 4 is 22.8 Å². The van der Waals surface area contributed by atoms with Gasteiger partial charge in [-0.25, -0.2) is 4.79 Å². The molecule has 2 aliphatic rings. The Balaban J connectivity index is 1.85. The van der Waals surface area contributed by atoms with Gasteiger partial charge in [0.2, 0.25) is 5.91 Å². The lowest BCUT2D eigenvalue weighted by molar-refractivity contribution is -0.138. The van der Waals surface area contributed by atoms with Crippen LogP contribution in [0.3, 0.4) is 0 Å². The van der Waals surface area contributed by atoms with Crippen molar-refractivity contribution in [3.8, 4) is 5.75 Å². The van der Waals surface area contributed by atoms with Crippen LogP contribution < -0.4 is 10.1 Å². The monoisotopic (exact) mass is 428 g/mol. The van der Waals surface area contributed by atoms with Crippen LogP contribution in [0.4, 0.5) is 4.79 Å². The number of aliphatic hydroxyl groups excluding tert-OH is 1. The molecular formula is C23H32N4O4. The van der Waals surface area contributed by atoms with Gasteiger partial charge in [-0.15, -0.1) is 0 Å².